The molecule has 2 aliphatic rings. The maximum Gasteiger partial charge on any atom is 0.295 e. The number of amides is 1. The van der Waals surface area contributed by atoms with Crippen LogP contribution in [-0.4, -0.2) is 79.2 Å². The highest BCUT2D eigenvalue weighted by molar-refractivity contribution is 6.46. The van der Waals surface area contributed by atoms with Gasteiger partial charge in [-0.05, 0) is 54.8 Å². The largest absolute Gasteiger partial charge is 0.507 e. The smallest absolute Gasteiger partial charge is 0.295 e. The summed E-state index contributed by atoms with van der Waals surface area (Å²) < 4.78 is 16.7. The summed E-state index contributed by atoms with van der Waals surface area (Å²) in [4.78, 5) is 30.3. The normalized spacial score (nSPS) is 20.0. The highest BCUT2D eigenvalue weighted by Crippen LogP contribution is 2.40. The Bertz CT molecular complexity index is 1100. The quantitative estimate of drug-likeness (QED) is 0.296. The van der Waals surface area contributed by atoms with Gasteiger partial charge in [-0.2, -0.15) is 0 Å². The van der Waals surface area contributed by atoms with E-state index in [0.29, 0.717) is 62.5 Å². The topological polar surface area (TPSA) is 88.5 Å². The van der Waals surface area contributed by atoms with Gasteiger partial charge in [0.05, 0.1) is 38.0 Å². The molecular weight excluding hydrogens is 472 g/mol. The zero-order valence-corrected chi connectivity index (χ0v) is 21.8. The Hall–Kier alpha value is -3.36. The number of carbonyl (C=O) groups excluding carboxylic acids is 2. The van der Waals surface area contributed by atoms with Crippen molar-refractivity contribution in [1.82, 2.24) is 9.80 Å². The van der Waals surface area contributed by atoms with Gasteiger partial charge in [0.2, 0.25) is 0 Å². The molecule has 1 N–H and O–H groups in total. The molecule has 37 heavy (non-hydrogen) atoms. The van der Waals surface area contributed by atoms with Gasteiger partial charge >= 0.3 is 0 Å². The van der Waals surface area contributed by atoms with Crippen molar-refractivity contribution in [1.29, 1.82) is 0 Å². The zero-order chi connectivity index (χ0) is 26.4. The van der Waals surface area contributed by atoms with Crippen molar-refractivity contribution in [3.8, 4) is 11.5 Å². The molecule has 1 atom stereocenters. The lowest BCUT2D eigenvalue weighted by Gasteiger charge is -2.31. The van der Waals surface area contributed by atoms with E-state index < -0.39 is 17.7 Å². The third-order valence-electron chi connectivity index (χ3n) is 6.52. The number of aliphatic hydroxyl groups is 1. The van der Waals surface area contributed by atoms with Crippen molar-refractivity contribution < 1.29 is 28.9 Å². The van der Waals surface area contributed by atoms with Gasteiger partial charge in [0, 0.05) is 31.7 Å². The van der Waals surface area contributed by atoms with Crippen LogP contribution in [0.25, 0.3) is 5.76 Å². The maximum atomic E-state index is 13.3. The summed E-state index contributed by atoms with van der Waals surface area (Å²) >= 11 is 0. The lowest BCUT2D eigenvalue weighted by atomic mass is 9.95. The minimum atomic E-state index is -0.700. The van der Waals surface area contributed by atoms with E-state index >= 15 is 0 Å². The fourth-order valence-corrected chi connectivity index (χ4v) is 4.57. The standard InChI is InChI=1S/C29H36N2O6/c1-4-36-23-9-5-21(6-10-23)26-25(27(32)22-7-11-24(12-8-22)37-19-20(2)3)28(33)29(34)31(26)14-13-30-15-17-35-18-16-30/h5-12,20,26,32H,4,13-19H2,1-3H3/b27-25+/t26-/m0/s1. The minimum absolute atomic E-state index is 0.0898. The molecule has 0 saturated carbocycles. The van der Waals surface area contributed by atoms with Crippen LogP contribution in [0.4, 0.5) is 0 Å². The van der Waals surface area contributed by atoms with E-state index in [1.165, 1.54) is 0 Å². The summed E-state index contributed by atoms with van der Waals surface area (Å²) in [5.41, 5.74) is 1.29. The molecule has 2 aromatic rings. The average molecular weight is 509 g/mol. The van der Waals surface area contributed by atoms with Crippen LogP contribution in [0.2, 0.25) is 0 Å². The Morgan fingerprint density at radius 3 is 2.22 bits per heavy atom. The molecule has 0 bridgehead atoms. The van der Waals surface area contributed by atoms with Gasteiger partial charge in [-0.1, -0.05) is 26.0 Å². The maximum absolute atomic E-state index is 13.3. The van der Waals surface area contributed by atoms with E-state index in [1.54, 1.807) is 29.2 Å². The summed E-state index contributed by atoms with van der Waals surface area (Å²) in [7, 11) is 0. The molecule has 2 aromatic carbocycles. The van der Waals surface area contributed by atoms with Crippen molar-refractivity contribution in [3.63, 3.8) is 0 Å². The van der Waals surface area contributed by atoms with Crippen LogP contribution in [0.1, 0.15) is 37.9 Å². The number of hydrogen-bond donors (Lipinski definition) is 1. The molecule has 0 aliphatic carbocycles. The number of Topliss-reactive ketones (excluding diaryl/α,β-unsaturated/α-hetero) is 1. The van der Waals surface area contributed by atoms with E-state index in [2.05, 4.69) is 18.7 Å². The number of ether oxygens (including phenoxy) is 3. The van der Waals surface area contributed by atoms with Crippen molar-refractivity contribution in [2.45, 2.75) is 26.8 Å². The van der Waals surface area contributed by atoms with Crippen LogP contribution in [0.5, 0.6) is 11.5 Å². The van der Waals surface area contributed by atoms with E-state index in [4.69, 9.17) is 14.2 Å². The molecule has 0 radical (unpaired) electrons. The van der Waals surface area contributed by atoms with Crippen molar-refractivity contribution >= 4 is 17.4 Å². The first kappa shape index (κ1) is 26.7. The molecule has 0 aromatic heterocycles. The SMILES string of the molecule is CCOc1ccc([C@H]2/C(=C(\O)c3ccc(OCC(C)C)cc3)C(=O)C(=O)N2CCN2CCOCC2)cc1. The predicted molar refractivity (Wildman–Crippen MR) is 141 cm³/mol. The van der Waals surface area contributed by atoms with E-state index in [-0.39, 0.29) is 11.3 Å². The molecule has 198 valence electrons. The fourth-order valence-electron chi connectivity index (χ4n) is 4.57. The van der Waals surface area contributed by atoms with Crippen LogP contribution in [0, 0.1) is 5.92 Å². The molecular formula is C29H36N2O6. The summed E-state index contributed by atoms with van der Waals surface area (Å²) in [5.74, 6) is 0.286. The lowest BCUT2D eigenvalue weighted by Crippen LogP contribution is -2.42. The van der Waals surface area contributed by atoms with Gasteiger partial charge in [0.15, 0.2) is 0 Å². The molecule has 0 spiro atoms. The predicted octanol–water partition coefficient (Wildman–Crippen LogP) is 3.87. The number of likely N-dealkylation sites (tertiary alicyclic amines) is 1. The minimum Gasteiger partial charge on any atom is -0.507 e. The van der Waals surface area contributed by atoms with Crippen molar-refractivity contribution in [2.75, 3.05) is 52.6 Å². The first-order chi connectivity index (χ1) is 17.9. The van der Waals surface area contributed by atoms with Crippen molar-refractivity contribution in [3.05, 3.63) is 65.2 Å². The molecule has 4 rings (SSSR count). The summed E-state index contributed by atoms with van der Waals surface area (Å²) in [5, 5.41) is 11.3. The van der Waals surface area contributed by atoms with E-state index in [0.717, 1.165) is 18.7 Å². The number of ketones is 1. The molecule has 8 heteroatoms. The number of nitrogens with zero attached hydrogens (tertiary/aromatic N) is 2. The molecule has 0 unspecified atom stereocenters. The number of rotatable bonds is 10. The van der Waals surface area contributed by atoms with Gasteiger partial charge < -0.3 is 24.2 Å². The van der Waals surface area contributed by atoms with Crippen LogP contribution in [0.3, 0.4) is 0 Å². The molecule has 8 nitrogen and oxygen atoms in total. The number of benzene rings is 2. The van der Waals surface area contributed by atoms with Crippen LogP contribution in [-0.2, 0) is 14.3 Å². The molecule has 2 heterocycles. The monoisotopic (exact) mass is 508 g/mol. The highest BCUT2D eigenvalue weighted by atomic mass is 16.5. The second-order valence-corrected chi connectivity index (χ2v) is 9.68. The first-order valence-electron chi connectivity index (χ1n) is 12.9. The highest BCUT2D eigenvalue weighted by Gasteiger charge is 2.46. The lowest BCUT2D eigenvalue weighted by molar-refractivity contribution is -0.140. The van der Waals surface area contributed by atoms with Gasteiger partial charge in [0.1, 0.15) is 17.3 Å². The average Bonchev–Trinajstić information content (AvgIpc) is 3.17. The second kappa shape index (κ2) is 12.3. The second-order valence-electron chi connectivity index (χ2n) is 9.68. The van der Waals surface area contributed by atoms with Gasteiger partial charge in [-0.3, -0.25) is 14.5 Å². The third-order valence-corrected chi connectivity index (χ3v) is 6.52. The van der Waals surface area contributed by atoms with Crippen LogP contribution >= 0.6 is 0 Å². The number of aliphatic hydroxyl groups excluding tert-OH is 1. The van der Waals surface area contributed by atoms with Gasteiger partial charge in [-0.25, -0.2) is 0 Å². The molecule has 1 amide bonds. The Morgan fingerprint density at radius 1 is 0.973 bits per heavy atom. The summed E-state index contributed by atoms with van der Waals surface area (Å²) in [6.07, 6.45) is 0. The van der Waals surface area contributed by atoms with Gasteiger partial charge in [0.25, 0.3) is 11.7 Å². The van der Waals surface area contributed by atoms with Crippen LogP contribution in [0.15, 0.2) is 54.1 Å². The number of carbonyl (C=O) groups is 2. The number of hydrogen-bond acceptors (Lipinski definition) is 7. The fraction of sp³-hybridized carbons (Fsp3) is 0.448. The Labute approximate surface area is 218 Å². The first-order valence-corrected chi connectivity index (χ1v) is 12.9. The van der Waals surface area contributed by atoms with E-state index in [1.807, 2.05) is 31.2 Å². The summed E-state index contributed by atoms with van der Waals surface area (Å²) in [6, 6.07) is 13.6. The summed E-state index contributed by atoms with van der Waals surface area (Å²) in [6.45, 7) is 11.0. The van der Waals surface area contributed by atoms with E-state index in [9.17, 15) is 14.7 Å². The van der Waals surface area contributed by atoms with Crippen molar-refractivity contribution in [2.24, 2.45) is 5.92 Å². The number of morpholine rings is 1. The molecule has 2 saturated heterocycles. The third kappa shape index (κ3) is 6.32. The Balaban J connectivity index is 1.66. The Morgan fingerprint density at radius 2 is 1.59 bits per heavy atom. The van der Waals surface area contributed by atoms with Gasteiger partial charge in [-0.15, -0.1) is 0 Å². The Kier molecular flexibility index (Phi) is 8.84. The molecule has 2 aliphatic heterocycles. The zero-order valence-electron chi connectivity index (χ0n) is 21.8. The van der Waals surface area contributed by atoms with Crippen LogP contribution < -0.4 is 9.47 Å². The molecule has 2 fully saturated rings.